The van der Waals surface area contributed by atoms with Crippen LogP contribution in [0.2, 0.25) is 0 Å². The molecule has 2 aromatic carbocycles. The lowest BCUT2D eigenvalue weighted by Gasteiger charge is -2.26. The van der Waals surface area contributed by atoms with Gasteiger partial charge in [-0.3, -0.25) is 4.79 Å². The third-order valence-electron chi connectivity index (χ3n) is 5.66. The molecule has 0 N–H and O–H groups in total. The molecule has 162 valence electrons. The van der Waals surface area contributed by atoms with Gasteiger partial charge in [-0.15, -0.1) is 0 Å². The molecule has 1 saturated heterocycles. The lowest BCUT2D eigenvalue weighted by molar-refractivity contribution is -0.135. The molecule has 2 heterocycles. The Hall–Kier alpha value is -3.35. The van der Waals surface area contributed by atoms with Crippen molar-refractivity contribution in [1.82, 2.24) is 10.1 Å². The van der Waals surface area contributed by atoms with Crippen LogP contribution >= 0.6 is 0 Å². The second kappa shape index (κ2) is 9.20. The van der Waals surface area contributed by atoms with Crippen molar-refractivity contribution in [3.63, 3.8) is 0 Å². The van der Waals surface area contributed by atoms with Gasteiger partial charge in [-0.05, 0) is 56.0 Å². The number of likely N-dealkylation sites (tertiary alicyclic amines) is 1. The number of esters is 1. The number of amides is 1. The Bertz CT molecular complexity index is 1080. The normalized spacial score (nSPS) is 13.9. The minimum Gasteiger partial charge on any atom is -0.488 e. The lowest BCUT2D eigenvalue weighted by Crippen LogP contribution is -2.38. The Morgan fingerprint density at radius 1 is 1.06 bits per heavy atom. The van der Waals surface area contributed by atoms with E-state index in [0.717, 1.165) is 54.4 Å². The number of fused-ring (bicyclic) bond motifs is 1. The highest BCUT2D eigenvalue weighted by Crippen LogP contribution is 2.28. The molecule has 0 radical (unpaired) electrons. The number of hydrogen-bond acceptors (Lipinski definition) is 6. The highest BCUT2D eigenvalue weighted by Gasteiger charge is 2.21. The van der Waals surface area contributed by atoms with Crippen molar-refractivity contribution >= 4 is 22.6 Å². The predicted octanol–water partition coefficient (Wildman–Crippen LogP) is 4.19. The molecule has 0 saturated carbocycles. The van der Waals surface area contributed by atoms with Crippen LogP contribution in [-0.2, 0) is 16.1 Å². The predicted molar refractivity (Wildman–Crippen MR) is 115 cm³/mol. The number of aromatic nitrogens is 1. The van der Waals surface area contributed by atoms with Gasteiger partial charge in [0.1, 0.15) is 23.7 Å². The monoisotopic (exact) mass is 422 g/mol. The summed E-state index contributed by atoms with van der Waals surface area (Å²) in [5, 5.41) is 5.77. The Kier molecular flexibility index (Phi) is 6.21. The molecule has 0 bridgehead atoms. The number of carbonyl (C=O) groups excluding carboxylic acids is 2. The van der Waals surface area contributed by atoms with Gasteiger partial charge < -0.3 is 18.9 Å². The summed E-state index contributed by atoms with van der Waals surface area (Å²) in [7, 11) is 0. The molecule has 0 unspecified atom stereocenters. The lowest BCUT2D eigenvalue weighted by atomic mass is 10.1. The van der Waals surface area contributed by atoms with Gasteiger partial charge in [-0.2, -0.15) is 0 Å². The molecule has 1 amide bonds. The molecule has 7 nitrogen and oxygen atoms in total. The summed E-state index contributed by atoms with van der Waals surface area (Å²) in [6, 6.07) is 11.3. The Labute approximate surface area is 180 Å². The number of nitrogens with zero attached hydrogens (tertiary/aromatic N) is 2. The summed E-state index contributed by atoms with van der Waals surface area (Å²) in [5.41, 5.74) is 1.87. The van der Waals surface area contributed by atoms with E-state index in [9.17, 15) is 9.59 Å². The Balaban J connectivity index is 1.53. The van der Waals surface area contributed by atoms with E-state index in [1.165, 1.54) is 0 Å². The van der Waals surface area contributed by atoms with Crippen molar-refractivity contribution in [2.24, 2.45) is 0 Å². The first kappa shape index (κ1) is 20.9. The molecule has 1 aliphatic heterocycles. The third kappa shape index (κ3) is 4.71. The van der Waals surface area contributed by atoms with Gasteiger partial charge in [0.05, 0.1) is 11.3 Å². The van der Waals surface area contributed by atoms with Crippen molar-refractivity contribution in [1.29, 1.82) is 0 Å². The van der Waals surface area contributed by atoms with Crippen molar-refractivity contribution in [2.45, 2.75) is 39.7 Å². The highest BCUT2D eigenvalue weighted by molar-refractivity contribution is 5.99. The average molecular weight is 422 g/mol. The number of piperidine rings is 1. The number of hydrogen-bond donors (Lipinski definition) is 0. The highest BCUT2D eigenvalue weighted by atomic mass is 16.5. The van der Waals surface area contributed by atoms with Crippen LogP contribution < -0.4 is 4.74 Å². The molecule has 1 aromatic heterocycles. The maximum absolute atomic E-state index is 12.9. The summed E-state index contributed by atoms with van der Waals surface area (Å²) < 4.78 is 16.6. The van der Waals surface area contributed by atoms with Crippen molar-refractivity contribution in [3.05, 3.63) is 59.0 Å². The van der Waals surface area contributed by atoms with E-state index in [1.807, 2.05) is 44.2 Å². The molecule has 1 aliphatic rings. The standard InChI is InChI=1S/C24H26N2O5/c1-16-21(17(2)31-25-16)14-29-22-13-19-9-5-4-8-18(19)12-20(22)24(28)30-15-23(27)26-10-6-3-7-11-26/h4-5,8-9,12-13H,3,6-7,10-11,14-15H2,1-2H3. The van der Waals surface area contributed by atoms with Crippen LogP contribution in [0.1, 0.15) is 46.6 Å². The van der Waals surface area contributed by atoms with Gasteiger partial charge in [0, 0.05) is 13.1 Å². The molecule has 7 heteroatoms. The topological polar surface area (TPSA) is 81.9 Å². The molecule has 4 rings (SSSR count). The Morgan fingerprint density at radius 3 is 2.45 bits per heavy atom. The van der Waals surface area contributed by atoms with Crippen LogP contribution in [0, 0.1) is 13.8 Å². The fourth-order valence-electron chi connectivity index (χ4n) is 3.80. The zero-order valence-electron chi connectivity index (χ0n) is 17.8. The first-order valence-corrected chi connectivity index (χ1v) is 10.5. The molecule has 0 atom stereocenters. The van der Waals surface area contributed by atoms with E-state index in [1.54, 1.807) is 11.0 Å². The summed E-state index contributed by atoms with van der Waals surface area (Å²) in [6.45, 7) is 5.05. The Morgan fingerprint density at radius 2 is 1.77 bits per heavy atom. The SMILES string of the molecule is Cc1noc(C)c1COc1cc2ccccc2cc1C(=O)OCC(=O)N1CCCCC1. The fourth-order valence-corrected chi connectivity index (χ4v) is 3.80. The van der Waals surface area contributed by atoms with Crippen LogP contribution in [0.15, 0.2) is 40.9 Å². The second-order valence-corrected chi connectivity index (χ2v) is 7.80. The van der Waals surface area contributed by atoms with E-state index in [2.05, 4.69) is 5.16 Å². The first-order valence-electron chi connectivity index (χ1n) is 10.5. The summed E-state index contributed by atoms with van der Waals surface area (Å²) in [4.78, 5) is 27.0. The molecule has 31 heavy (non-hydrogen) atoms. The van der Waals surface area contributed by atoms with Gasteiger partial charge in [-0.1, -0.05) is 29.4 Å². The zero-order chi connectivity index (χ0) is 21.8. The van der Waals surface area contributed by atoms with Crippen LogP contribution in [-0.4, -0.2) is 41.6 Å². The fraction of sp³-hybridized carbons (Fsp3) is 0.375. The van der Waals surface area contributed by atoms with Crippen molar-refractivity contribution in [3.8, 4) is 5.75 Å². The van der Waals surface area contributed by atoms with Crippen molar-refractivity contribution < 1.29 is 23.6 Å². The minimum absolute atomic E-state index is 0.160. The number of benzene rings is 2. The number of ether oxygens (including phenoxy) is 2. The van der Waals surface area contributed by atoms with E-state index in [0.29, 0.717) is 11.5 Å². The van der Waals surface area contributed by atoms with E-state index >= 15 is 0 Å². The van der Waals surface area contributed by atoms with Crippen LogP contribution in [0.4, 0.5) is 0 Å². The van der Waals surface area contributed by atoms with Gasteiger partial charge in [0.25, 0.3) is 5.91 Å². The van der Waals surface area contributed by atoms with Crippen LogP contribution in [0.3, 0.4) is 0 Å². The van der Waals surface area contributed by atoms with Crippen LogP contribution in [0.25, 0.3) is 10.8 Å². The number of carbonyl (C=O) groups is 2. The summed E-state index contributed by atoms with van der Waals surface area (Å²) in [6.07, 6.45) is 3.11. The van der Waals surface area contributed by atoms with E-state index < -0.39 is 5.97 Å². The summed E-state index contributed by atoms with van der Waals surface area (Å²) in [5.74, 6) is 0.334. The zero-order valence-corrected chi connectivity index (χ0v) is 17.8. The molecule has 1 fully saturated rings. The summed E-state index contributed by atoms with van der Waals surface area (Å²) >= 11 is 0. The second-order valence-electron chi connectivity index (χ2n) is 7.80. The minimum atomic E-state index is -0.579. The number of aryl methyl sites for hydroxylation is 2. The van der Waals surface area contributed by atoms with Gasteiger partial charge in [0.2, 0.25) is 0 Å². The smallest absolute Gasteiger partial charge is 0.342 e. The molecular weight excluding hydrogens is 396 g/mol. The maximum Gasteiger partial charge on any atom is 0.342 e. The quantitative estimate of drug-likeness (QED) is 0.554. The first-order chi connectivity index (χ1) is 15.0. The molecule has 0 aliphatic carbocycles. The van der Waals surface area contributed by atoms with E-state index in [4.69, 9.17) is 14.0 Å². The number of rotatable bonds is 6. The van der Waals surface area contributed by atoms with Crippen molar-refractivity contribution in [2.75, 3.05) is 19.7 Å². The maximum atomic E-state index is 12.9. The largest absolute Gasteiger partial charge is 0.488 e. The van der Waals surface area contributed by atoms with Gasteiger partial charge in [0.15, 0.2) is 6.61 Å². The molecule has 0 spiro atoms. The van der Waals surface area contributed by atoms with Crippen LogP contribution in [0.5, 0.6) is 5.75 Å². The third-order valence-corrected chi connectivity index (χ3v) is 5.66. The van der Waals surface area contributed by atoms with Gasteiger partial charge >= 0.3 is 5.97 Å². The van der Waals surface area contributed by atoms with Gasteiger partial charge in [-0.25, -0.2) is 4.79 Å². The average Bonchev–Trinajstić information content (AvgIpc) is 3.12. The van der Waals surface area contributed by atoms with E-state index in [-0.39, 0.29) is 24.7 Å². The molecule has 3 aromatic rings. The molecular formula is C24H26N2O5.